The molecule has 1 N–H and O–H groups in total. The Balaban J connectivity index is 1.71. The topological polar surface area (TPSA) is 12.0 Å². The number of nitrogens with one attached hydrogen (secondary N) is 1. The summed E-state index contributed by atoms with van der Waals surface area (Å²) in [5.41, 5.74) is 1.30. The average Bonchev–Trinajstić information content (AvgIpc) is 2.77. The van der Waals surface area contributed by atoms with Crippen molar-refractivity contribution in [1.29, 1.82) is 0 Å². The van der Waals surface area contributed by atoms with Crippen LogP contribution in [0.15, 0.2) is 34.5 Å². The monoisotopic (exact) mass is 299 g/mol. The predicted molar refractivity (Wildman–Crippen MR) is 77.8 cm³/mol. The van der Waals surface area contributed by atoms with Crippen molar-refractivity contribution < 1.29 is 8.78 Å². The van der Waals surface area contributed by atoms with E-state index in [0.717, 1.165) is 24.9 Å². The average molecular weight is 299 g/mol. The van der Waals surface area contributed by atoms with E-state index in [1.807, 2.05) is 0 Å². The molecular formula is C14H15F2NS2. The van der Waals surface area contributed by atoms with Crippen molar-refractivity contribution in [2.24, 2.45) is 0 Å². The highest BCUT2D eigenvalue weighted by atomic mass is 32.2. The molecule has 0 spiro atoms. The number of thiophene rings is 1. The van der Waals surface area contributed by atoms with Gasteiger partial charge >= 0.3 is 0 Å². The second kappa shape index (κ2) is 7.03. The fraction of sp³-hybridized carbons (Fsp3) is 0.286. The van der Waals surface area contributed by atoms with Crippen molar-refractivity contribution in [1.82, 2.24) is 5.32 Å². The molecule has 0 radical (unpaired) electrons. The molecule has 0 aliphatic heterocycles. The third kappa shape index (κ3) is 4.30. The predicted octanol–water partition coefficient (Wildman–Crippen LogP) is 4.22. The quantitative estimate of drug-likeness (QED) is 0.633. The van der Waals surface area contributed by atoms with E-state index < -0.39 is 11.6 Å². The Bertz CT molecular complexity index is 540. The fourth-order valence-corrected chi connectivity index (χ4v) is 3.32. The number of hydrogen-bond acceptors (Lipinski definition) is 3. The van der Waals surface area contributed by atoms with Crippen LogP contribution in [0.3, 0.4) is 0 Å². The lowest BCUT2D eigenvalue weighted by atomic mass is 10.3. The first-order valence-electron chi connectivity index (χ1n) is 5.98. The molecule has 2 rings (SSSR count). The van der Waals surface area contributed by atoms with Crippen molar-refractivity contribution >= 4 is 23.1 Å². The summed E-state index contributed by atoms with van der Waals surface area (Å²) in [6.45, 7) is 3.73. The highest BCUT2D eigenvalue weighted by Gasteiger charge is 2.04. The van der Waals surface area contributed by atoms with Crippen LogP contribution in [0.1, 0.15) is 10.4 Å². The summed E-state index contributed by atoms with van der Waals surface area (Å²) >= 11 is 3.13. The Hall–Kier alpha value is -0.910. The van der Waals surface area contributed by atoms with Crippen LogP contribution in [0.4, 0.5) is 8.78 Å². The van der Waals surface area contributed by atoms with Gasteiger partial charge in [0.2, 0.25) is 0 Å². The molecule has 5 heteroatoms. The maximum atomic E-state index is 13.4. The highest BCUT2D eigenvalue weighted by molar-refractivity contribution is 7.99. The van der Waals surface area contributed by atoms with E-state index in [-0.39, 0.29) is 0 Å². The van der Waals surface area contributed by atoms with Crippen LogP contribution < -0.4 is 5.32 Å². The van der Waals surface area contributed by atoms with Crippen molar-refractivity contribution in [3.63, 3.8) is 0 Å². The molecule has 19 heavy (non-hydrogen) atoms. The minimum atomic E-state index is -0.534. The van der Waals surface area contributed by atoms with Crippen LogP contribution in [-0.4, -0.2) is 12.3 Å². The highest BCUT2D eigenvalue weighted by Crippen LogP contribution is 2.22. The summed E-state index contributed by atoms with van der Waals surface area (Å²) in [4.78, 5) is 1.83. The molecule has 0 aliphatic carbocycles. The molecule has 102 valence electrons. The summed E-state index contributed by atoms with van der Waals surface area (Å²) in [6, 6.07) is 5.79. The number of thioether (sulfide) groups is 1. The molecule has 0 saturated heterocycles. The lowest BCUT2D eigenvalue weighted by molar-refractivity contribution is 0.565. The molecule has 1 aromatic heterocycles. The first-order valence-corrected chi connectivity index (χ1v) is 7.85. The summed E-state index contributed by atoms with van der Waals surface area (Å²) < 4.78 is 26.1. The Kier molecular flexibility index (Phi) is 5.36. The molecule has 0 bridgehead atoms. The second-order valence-corrected chi connectivity index (χ2v) is 6.26. The molecule has 0 aliphatic rings. The zero-order valence-electron chi connectivity index (χ0n) is 10.6. The molecule has 0 unspecified atom stereocenters. The van der Waals surface area contributed by atoms with E-state index in [2.05, 4.69) is 23.7 Å². The lowest BCUT2D eigenvalue weighted by Crippen LogP contribution is -2.16. The van der Waals surface area contributed by atoms with Gasteiger partial charge in [-0.1, -0.05) is 0 Å². The number of hydrogen-bond donors (Lipinski definition) is 1. The summed E-state index contributed by atoms with van der Waals surface area (Å²) in [5.74, 6) is -0.264. The van der Waals surface area contributed by atoms with Gasteiger partial charge in [-0.15, -0.1) is 23.1 Å². The third-order valence-electron chi connectivity index (χ3n) is 2.68. The van der Waals surface area contributed by atoms with Gasteiger partial charge in [0, 0.05) is 34.7 Å². The zero-order chi connectivity index (χ0) is 13.7. The van der Waals surface area contributed by atoms with Gasteiger partial charge in [0.25, 0.3) is 0 Å². The van der Waals surface area contributed by atoms with Crippen molar-refractivity contribution in [2.45, 2.75) is 18.4 Å². The van der Waals surface area contributed by atoms with Gasteiger partial charge in [-0.05, 0) is 36.1 Å². The Morgan fingerprint density at radius 3 is 2.79 bits per heavy atom. The maximum Gasteiger partial charge on any atom is 0.139 e. The molecule has 1 aromatic carbocycles. The van der Waals surface area contributed by atoms with Gasteiger partial charge in [0.15, 0.2) is 0 Å². The van der Waals surface area contributed by atoms with Crippen LogP contribution >= 0.6 is 23.1 Å². The number of halogens is 2. The van der Waals surface area contributed by atoms with Crippen LogP contribution in [0.5, 0.6) is 0 Å². The Morgan fingerprint density at radius 2 is 2.11 bits per heavy atom. The molecule has 2 aromatic rings. The molecule has 0 fully saturated rings. The van der Waals surface area contributed by atoms with Crippen LogP contribution in [-0.2, 0) is 6.54 Å². The Labute approximate surface area is 120 Å². The van der Waals surface area contributed by atoms with Gasteiger partial charge in [-0.25, -0.2) is 8.78 Å². The molecular weight excluding hydrogens is 284 g/mol. The summed E-state index contributed by atoms with van der Waals surface area (Å²) in [5, 5.41) is 5.40. The third-order valence-corrected chi connectivity index (χ3v) is 4.76. The SMILES string of the molecule is Cc1ccsc1CNCCSc1ccc(F)cc1F. The number of benzene rings is 1. The number of aryl methyl sites for hydroxylation is 1. The first kappa shape index (κ1) is 14.5. The normalized spacial score (nSPS) is 10.9. The van der Waals surface area contributed by atoms with Gasteiger partial charge in [0.05, 0.1) is 0 Å². The first-order chi connectivity index (χ1) is 9.16. The van der Waals surface area contributed by atoms with Crippen molar-refractivity contribution in [3.8, 4) is 0 Å². The smallest absolute Gasteiger partial charge is 0.139 e. The van der Waals surface area contributed by atoms with Gasteiger partial charge in [-0.3, -0.25) is 0 Å². The van der Waals surface area contributed by atoms with Crippen molar-refractivity contribution in [2.75, 3.05) is 12.3 Å². The van der Waals surface area contributed by atoms with E-state index in [1.54, 1.807) is 11.3 Å². The van der Waals surface area contributed by atoms with Gasteiger partial charge in [-0.2, -0.15) is 0 Å². The maximum absolute atomic E-state index is 13.4. The molecule has 0 amide bonds. The minimum absolute atomic E-state index is 0.487. The van der Waals surface area contributed by atoms with E-state index in [1.165, 1.54) is 34.3 Å². The summed E-state index contributed by atoms with van der Waals surface area (Å²) in [7, 11) is 0. The molecule has 1 nitrogen and oxygen atoms in total. The van der Waals surface area contributed by atoms with Crippen molar-refractivity contribution in [3.05, 3.63) is 51.7 Å². The lowest BCUT2D eigenvalue weighted by Gasteiger charge is -2.05. The van der Waals surface area contributed by atoms with Crippen LogP contribution in [0.2, 0.25) is 0 Å². The van der Waals surface area contributed by atoms with Gasteiger partial charge in [0.1, 0.15) is 11.6 Å². The van der Waals surface area contributed by atoms with Crippen LogP contribution in [0.25, 0.3) is 0 Å². The van der Waals surface area contributed by atoms with Crippen LogP contribution in [0, 0.1) is 18.6 Å². The van der Waals surface area contributed by atoms with E-state index in [4.69, 9.17) is 0 Å². The van der Waals surface area contributed by atoms with Gasteiger partial charge < -0.3 is 5.32 Å². The zero-order valence-corrected chi connectivity index (χ0v) is 12.2. The molecule has 1 heterocycles. The fourth-order valence-electron chi connectivity index (χ4n) is 1.61. The van der Waals surface area contributed by atoms with E-state index in [9.17, 15) is 8.78 Å². The number of rotatable bonds is 6. The summed E-state index contributed by atoms with van der Waals surface area (Å²) in [6.07, 6.45) is 0. The molecule has 0 saturated carbocycles. The van der Waals surface area contributed by atoms with E-state index in [0.29, 0.717) is 4.90 Å². The standard InChI is InChI=1S/C14H15F2NS2/c1-10-4-6-18-14(10)9-17-5-7-19-13-3-2-11(15)8-12(13)16/h2-4,6,8,17H,5,7,9H2,1H3. The molecule has 0 atom stereocenters. The minimum Gasteiger partial charge on any atom is -0.311 e. The second-order valence-electron chi connectivity index (χ2n) is 4.13. The Morgan fingerprint density at radius 1 is 1.26 bits per heavy atom. The largest absolute Gasteiger partial charge is 0.311 e. The van der Waals surface area contributed by atoms with E-state index >= 15 is 0 Å².